The molecular weight excluding hydrogens is 306 g/mol. The van der Waals surface area contributed by atoms with E-state index in [9.17, 15) is 13.2 Å². The summed E-state index contributed by atoms with van der Waals surface area (Å²) in [6.07, 6.45) is -3.76. The summed E-state index contributed by atoms with van der Waals surface area (Å²) in [5.41, 5.74) is -1.37. The van der Waals surface area contributed by atoms with Crippen LogP contribution in [-0.4, -0.2) is 23.3 Å². The monoisotopic (exact) mass is 329 g/mol. The summed E-state index contributed by atoms with van der Waals surface area (Å²) >= 11 is 0. The number of pyridine rings is 1. The first-order valence-electron chi connectivity index (χ1n) is 7.82. The van der Waals surface area contributed by atoms with Crippen LogP contribution in [0.3, 0.4) is 0 Å². The van der Waals surface area contributed by atoms with Crippen LogP contribution < -0.4 is 5.59 Å². The van der Waals surface area contributed by atoms with Gasteiger partial charge in [-0.05, 0) is 57.7 Å². The Kier molecular flexibility index (Phi) is 4.59. The fraction of sp³-hybridized carbons (Fsp3) is 0.688. The molecule has 0 saturated carbocycles. The third kappa shape index (κ3) is 3.55. The fourth-order valence-corrected chi connectivity index (χ4v) is 2.32. The Morgan fingerprint density at radius 3 is 2.09 bits per heavy atom. The van der Waals surface area contributed by atoms with Crippen LogP contribution in [-0.2, 0) is 15.5 Å². The zero-order valence-corrected chi connectivity index (χ0v) is 14.4. The van der Waals surface area contributed by atoms with Crippen molar-refractivity contribution in [2.75, 3.05) is 0 Å². The van der Waals surface area contributed by atoms with Gasteiger partial charge in [0.25, 0.3) is 0 Å². The van der Waals surface area contributed by atoms with E-state index in [0.29, 0.717) is 5.56 Å². The van der Waals surface area contributed by atoms with Crippen LogP contribution in [0.15, 0.2) is 12.1 Å². The molecule has 0 spiro atoms. The van der Waals surface area contributed by atoms with Gasteiger partial charge in [0.05, 0.1) is 16.8 Å². The van der Waals surface area contributed by atoms with E-state index in [2.05, 4.69) is 4.98 Å². The van der Waals surface area contributed by atoms with Gasteiger partial charge in [-0.3, -0.25) is 4.98 Å². The number of hydrogen-bond donors (Lipinski definition) is 0. The molecular formula is C16H23BF3NO2. The second kappa shape index (κ2) is 5.78. The van der Waals surface area contributed by atoms with Gasteiger partial charge in [-0.25, -0.2) is 0 Å². The highest BCUT2D eigenvalue weighted by Crippen LogP contribution is 2.37. The van der Waals surface area contributed by atoms with Crippen LogP contribution in [0.5, 0.6) is 0 Å². The van der Waals surface area contributed by atoms with Gasteiger partial charge in [0.2, 0.25) is 0 Å². The maximum Gasteiger partial charge on any atom is 0.514 e. The lowest BCUT2D eigenvalue weighted by Gasteiger charge is -2.32. The summed E-state index contributed by atoms with van der Waals surface area (Å²) in [4.78, 5) is 3.76. The molecule has 0 N–H and O–H groups in total. The summed E-state index contributed by atoms with van der Waals surface area (Å²) in [7, 11) is -0.898. The van der Waals surface area contributed by atoms with Crippen LogP contribution in [0.4, 0.5) is 13.2 Å². The molecule has 0 bridgehead atoms. The van der Waals surface area contributed by atoms with Crippen molar-refractivity contribution in [3.05, 3.63) is 23.4 Å². The summed E-state index contributed by atoms with van der Waals surface area (Å²) in [5, 5.41) is 0. The first kappa shape index (κ1) is 18.3. The van der Waals surface area contributed by atoms with E-state index in [-0.39, 0.29) is 11.5 Å². The smallest absolute Gasteiger partial charge is 0.398 e. The molecule has 0 radical (unpaired) electrons. The lowest BCUT2D eigenvalue weighted by atomic mass is 9.81. The van der Waals surface area contributed by atoms with Crippen LogP contribution in [0, 0.1) is 0 Å². The van der Waals surface area contributed by atoms with Crippen LogP contribution in [0.25, 0.3) is 0 Å². The number of hydrogen-bond acceptors (Lipinski definition) is 3. The van der Waals surface area contributed by atoms with Gasteiger partial charge in [-0.1, -0.05) is 13.8 Å². The molecule has 1 aromatic rings. The van der Waals surface area contributed by atoms with Crippen molar-refractivity contribution in [1.82, 2.24) is 4.98 Å². The predicted molar refractivity (Wildman–Crippen MR) is 83.7 cm³/mol. The molecule has 2 heterocycles. The van der Waals surface area contributed by atoms with E-state index >= 15 is 0 Å². The first-order valence-corrected chi connectivity index (χ1v) is 7.82. The molecule has 2 rings (SSSR count). The molecule has 1 aromatic heterocycles. The lowest BCUT2D eigenvalue weighted by Crippen LogP contribution is -2.41. The minimum absolute atomic E-state index is 0.000253. The maximum atomic E-state index is 13.2. The van der Waals surface area contributed by atoms with Crippen LogP contribution in [0.1, 0.15) is 65.1 Å². The standard InChI is InChI=1S/C16H23BF3NO2/c1-7-10(2)11-8-12(16(18,19)20)21-13(9-11)17-22-14(3,4)15(5,6)23-17/h8-10H,7H2,1-6H3. The SMILES string of the molecule is CCC(C)c1cc(B2OC(C)(C)C(C)(C)O2)nc(C(F)(F)F)c1. The van der Waals surface area contributed by atoms with E-state index in [0.717, 1.165) is 12.5 Å². The Bertz CT molecular complexity index is 571. The van der Waals surface area contributed by atoms with E-state index < -0.39 is 30.2 Å². The maximum absolute atomic E-state index is 13.2. The number of aromatic nitrogens is 1. The van der Waals surface area contributed by atoms with Gasteiger partial charge in [-0.15, -0.1) is 0 Å². The summed E-state index contributed by atoms with van der Waals surface area (Å²) in [6, 6.07) is 2.77. The number of alkyl halides is 3. The number of halogens is 3. The third-order valence-electron chi connectivity index (χ3n) is 4.83. The largest absolute Gasteiger partial charge is 0.514 e. The van der Waals surface area contributed by atoms with Gasteiger partial charge in [0.1, 0.15) is 5.69 Å². The molecule has 1 atom stereocenters. The molecule has 7 heteroatoms. The fourth-order valence-electron chi connectivity index (χ4n) is 2.32. The third-order valence-corrected chi connectivity index (χ3v) is 4.83. The van der Waals surface area contributed by atoms with Crippen molar-refractivity contribution in [3.63, 3.8) is 0 Å². The molecule has 1 aliphatic heterocycles. The molecule has 3 nitrogen and oxygen atoms in total. The molecule has 0 aromatic carbocycles. The molecule has 1 aliphatic rings. The van der Waals surface area contributed by atoms with Gasteiger partial charge in [0, 0.05) is 0 Å². The highest BCUT2D eigenvalue weighted by atomic mass is 19.4. The topological polar surface area (TPSA) is 31.4 Å². The molecule has 1 saturated heterocycles. The second-order valence-corrected chi connectivity index (χ2v) is 7.11. The van der Waals surface area contributed by atoms with Crippen molar-refractivity contribution in [1.29, 1.82) is 0 Å². The molecule has 23 heavy (non-hydrogen) atoms. The minimum atomic E-state index is -4.50. The van der Waals surface area contributed by atoms with Gasteiger partial charge in [-0.2, -0.15) is 13.2 Å². The predicted octanol–water partition coefficient (Wildman–Crippen LogP) is 3.91. The van der Waals surface area contributed by atoms with Crippen LogP contribution >= 0.6 is 0 Å². The lowest BCUT2D eigenvalue weighted by molar-refractivity contribution is -0.141. The summed E-state index contributed by atoms with van der Waals surface area (Å²) in [5.74, 6) is 0.000253. The average Bonchev–Trinajstić information content (AvgIpc) is 2.65. The first-order chi connectivity index (χ1) is 10.4. The van der Waals surface area contributed by atoms with Gasteiger partial charge >= 0.3 is 13.3 Å². The van der Waals surface area contributed by atoms with Gasteiger partial charge < -0.3 is 9.31 Å². The van der Waals surface area contributed by atoms with Crippen molar-refractivity contribution >= 4 is 12.7 Å². The zero-order valence-electron chi connectivity index (χ0n) is 14.4. The van der Waals surface area contributed by atoms with E-state index in [1.807, 2.05) is 41.5 Å². The Labute approximate surface area is 135 Å². The Balaban J connectivity index is 2.47. The van der Waals surface area contributed by atoms with Crippen LogP contribution in [0.2, 0.25) is 0 Å². The Hall–Kier alpha value is -1.08. The van der Waals surface area contributed by atoms with Crippen molar-refractivity contribution in [2.45, 2.75) is 71.3 Å². The molecule has 1 fully saturated rings. The van der Waals surface area contributed by atoms with Gasteiger partial charge in [0.15, 0.2) is 0 Å². The number of nitrogens with zero attached hydrogens (tertiary/aromatic N) is 1. The zero-order chi connectivity index (χ0) is 17.6. The van der Waals surface area contributed by atoms with Crippen molar-refractivity contribution in [2.24, 2.45) is 0 Å². The van der Waals surface area contributed by atoms with Crippen molar-refractivity contribution in [3.8, 4) is 0 Å². The molecule has 128 valence electrons. The Morgan fingerprint density at radius 1 is 1.13 bits per heavy atom. The quantitative estimate of drug-likeness (QED) is 0.788. The molecule has 0 aliphatic carbocycles. The van der Waals surface area contributed by atoms with Crippen molar-refractivity contribution < 1.29 is 22.5 Å². The average molecular weight is 329 g/mol. The minimum Gasteiger partial charge on any atom is -0.398 e. The molecule has 0 amide bonds. The van der Waals surface area contributed by atoms with E-state index in [1.165, 1.54) is 0 Å². The number of rotatable bonds is 3. The Morgan fingerprint density at radius 2 is 1.65 bits per heavy atom. The second-order valence-electron chi connectivity index (χ2n) is 7.11. The van der Waals surface area contributed by atoms with E-state index in [4.69, 9.17) is 9.31 Å². The van der Waals surface area contributed by atoms with E-state index in [1.54, 1.807) is 6.07 Å². The normalized spacial score (nSPS) is 21.5. The highest BCUT2D eigenvalue weighted by molar-refractivity contribution is 6.61. The summed E-state index contributed by atoms with van der Waals surface area (Å²) in [6.45, 7) is 11.3. The molecule has 1 unspecified atom stereocenters. The summed E-state index contributed by atoms with van der Waals surface area (Å²) < 4.78 is 51.2. The highest BCUT2D eigenvalue weighted by Gasteiger charge is 2.52.